The molecule has 1 fully saturated rings. The van der Waals surface area contributed by atoms with Crippen LogP contribution in [0.4, 0.5) is 0 Å². The second kappa shape index (κ2) is 11.8. The summed E-state index contributed by atoms with van der Waals surface area (Å²) in [5, 5.41) is 68.1. The van der Waals surface area contributed by atoms with Crippen molar-refractivity contribution in [2.45, 2.75) is 43.9 Å². The van der Waals surface area contributed by atoms with E-state index in [1.165, 1.54) is 13.2 Å². The van der Waals surface area contributed by atoms with Crippen LogP contribution in [-0.4, -0.2) is 86.8 Å². The molecule has 7 N–H and O–H groups in total. The highest BCUT2D eigenvalue weighted by molar-refractivity contribution is 6.32. The molecule has 1 aromatic heterocycles. The lowest BCUT2D eigenvalue weighted by molar-refractivity contribution is -0.277. The molecule has 4 rings (SSSR count). The van der Waals surface area contributed by atoms with Crippen LogP contribution in [0.3, 0.4) is 0 Å². The number of aliphatic hydroxyl groups excluding tert-OH is 5. The Kier molecular flexibility index (Phi) is 8.75. The van der Waals surface area contributed by atoms with Crippen molar-refractivity contribution in [3.63, 3.8) is 0 Å². The standard InChI is InChI=1S/C25H29ClN2O10/c1-3-27-24(34)19-18(11-4-6-12(35-2)7-5-11)23(38-28-19)13-8-14(26)15(30)9-16(13)36-25-22(33)21(32)20(31)17(10-29)37-25/h4-9,17,20-22,24-25,27,29-34H,3,10H2,1-2H3/t17-,20+,21+,22-,24?,25-/m1/s1. The number of hydrogen-bond acceptors (Lipinski definition) is 12. The fourth-order valence-corrected chi connectivity index (χ4v) is 4.27. The van der Waals surface area contributed by atoms with Gasteiger partial charge < -0.3 is 49.4 Å². The minimum Gasteiger partial charge on any atom is -0.506 e. The largest absolute Gasteiger partial charge is 0.506 e. The summed E-state index contributed by atoms with van der Waals surface area (Å²) in [4.78, 5) is 0. The first-order valence-corrected chi connectivity index (χ1v) is 12.1. The SMILES string of the molecule is CCNC(O)c1noc(-c2cc(Cl)c(O)cc2O[C@@H]2O[C@H](CO)[C@H](O)[C@H](O)[C@H]2O)c1-c1ccc(OC)cc1. The second-order valence-electron chi connectivity index (χ2n) is 8.58. The zero-order valence-electron chi connectivity index (χ0n) is 20.5. The Morgan fingerprint density at radius 3 is 2.45 bits per heavy atom. The molecule has 1 saturated heterocycles. The molecule has 6 atom stereocenters. The molecular formula is C25H29ClN2O10. The summed E-state index contributed by atoms with van der Waals surface area (Å²) in [5.41, 5.74) is 1.30. The number of hydrogen-bond donors (Lipinski definition) is 7. The fraction of sp³-hybridized carbons (Fsp3) is 0.400. The van der Waals surface area contributed by atoms with Crippen molar-refractivity contribution < 1.29 is 49.4 Å². The topological polar surface area (TPSA) is 187 Å². The van der Waals surface area contributed by atoms with Crippen molar-refractivity contribution >= 4 is 11.6 Å². The number of aliphatic hydroxyl groups is 5. The quantitative estimate of drug-likeness (QED) is 0.188. The molecule has 1 aliphatic rings. The van der Waals surface area contributed by atoms with Crippen LogP contribution < -0.4 is 14.8 Å². The zero-order valence-corrected chi connectivity index (χ0v) is 21.2. The number of benzene rings is 2. The summed E-state index contributed by atoms with van der Waals surface area (Å²) in [6.07, 6.45) is -8.94. The van der Waals surface area contributed by atoms with Crippen LogP contribution in [0, 0.1) is 0 Å². The maximum absolute atomic E-state index is 10.7. The smallest absolute Gasteiger partial charge is 0.229 e. The van der Waals surface area contributed by atoms with Crippen molar-refractivity contribution in [3.8, 4) is 39.7 Å². The monoisotopic (exact) mass is 552 g/mol. The van der Waals surface area contributed by atoms with Crippen molar-refractivity contribution in [1.82, 2.24) is 10.5 Å². The Balaban J connectivity index is 1.83. The number of phenolic OH excluding ortho intramolecular Hbond substituents is 1. The highest BCUT2D eigenvalue weighted by Crippen LogP contribution is 2.45. The summed E-state index contributed by atoms with van der Waals surface area (Å²) >= 11 is 6.22. The third-order valence-electron chi connectivity index (χ3n) is 6.14. The molecule has 0 aliphatic carbocycles. The van der Waals surface area contributed by atoms with E-state index in [0.29, 0.717) is 23.4 Å². The molecule has 0 amide bonds. The molecule has 0 saturated carbocycles. The third kappa shape index (κ3) is 5.44. The maximum Gasteiger partial charge on any atom is 0.229 e. The van der Waals surface area contributed by atoms with Gasteiger partial charge in [0, 0.05) is 6.07 Å². The van der Waals surface area contributed by atoms with E-state index in [0.717, 1.165) is 6.07 Å². The number of nitrogens with zero attached hydrogens (tertiary/aromatic N) is 1. The molecule has 0 spiro atoms. The number of halogens is 1. The van der Waals surface area contributed by atoms with Gasteiger partial charge in [0.15, 0.2) is 12.0 Å². The summed E-state index contributed by atoms with van der Waals surface area (Å²) in [5.74, 6) is 0.239. The van der Waals surface area contributed by atoms with E-state index >= 15 is 0 Å². The molecule has 38 heavy (non-hydrogen) atoms. The van der Waals surface area contributed by atoms with Crippen LogP contribution in [-0.2, 0) is 4.74 Å². The van der Waals surface area contributed by atoms with Crippen LogP contribution in [0.25, 0.3) is 22.5 Å². The van der Waals surface area contributed by atoms with Gasteiger partial charge in [-0.15, -0.1) is 0 Å². The predicted octanol–water partition coefficient (Wildman–Crippen LogP) is 1.16. The van der Waals surface area contributed by atoms with Gasteiger partial charge in [0.25, 0.3) is 0 Å². The molecule has 0 bridgehead atoms. The molecule has 0 radical (unpaired) electrons. The van der Waals surface area contributed by atoms with Gasteiger partial charge in [0.1, 0.15) is 47.4 Å². The normalized spacial score (nSPS) is 24.3. The van der Waals surface area contributed by atoms with E-state index in [1.54, 1.807) is 24.3 Å². The summed E-state index contributed by atoms with van der Waals surface area (Å²) in [6.45, 7) is 1.59. The van der Waals surface area contributed by atoms with Gasteiger partial charge in [0.2, 0.25) is 6.29 Å². The number of methoxy groups -OCH3 is 1. The van der Waals surface area contributed by atoms with Gasteiger partial charge in [0.05, 0.1) is 29.9 Å². The van der Waals surface area contributed by atoms with E-state index in [9.17, 15) is 30.6 Å². The molecule has 13 heteroatoms. The highest BCUT2D eigenvalue weighted by Gasteiger charge is 2.45. The fourth-order valence-electron chi connectivity index (χ4n) is 4.11. The van der Waals surface area contributed by atoms with Crippen molar-refractivity contribution in [3.05, 3.63) is 47.1 Å². The van der Waals surface area contributed by atoms with Gasteiger partial charge in [-0.25, -0.2) is 0 Å². The predicted molar refractivity (Wildman–Crippen MR) is 134 cm³/mol. The molecule has 12 nitrogen and oxygen atoms in total. The van der Waals surface area contributed by atoms with Crippen LogP contribution in [0.1, 0.15) is 18.8 Å². The Hall–Kier alpha value is -2.94. The van der Waals surface area contributed by atoms with E-state index in [1.807, 2.05) is 6.92 Å². The molecule has 1 unspecified atom stereocenters. The Bertz CT molecular complexity index is 1240. The Labute approximate surface area is 222 Å². The van der Waals surface area contributed by atoms with Gasteiger partial charge in [-0.3, -0.25) is 5.32 Å². The van der Waals surface area contributed by atoms with Crippen LogP contribution >= 0.6 is 11.6 Å². The molecular weight excluding hydrogens is 524 g/mol. The first-order valence-electron chi connectivity index (χ1n) is 11.8. The number of aromatic hydroxyl groups is 1. The summed E-state index contributed by atoms with van der Waals surface area (Å²) < 4.78 is 22.2. The average Bonchev–Trinajstić information content (AvgIpc) is 3.36. The summed E-state index contributed by atoms with van der Waals surface area (Å²) in [7, 11) is 1.53. The van der Waals surface area contributed by atoms with E-state index < -0.39 is 43.5 Å². The first-order chi connectivity index (χ1) is 18.2. The van der Waals surface area contributed by atoms with Crippen LogP contribution in [0.15, 0.2) is 40.9 Å². The number of phenols is 1. The Morgan fingerprint density at radius 1 is 1.11 bits per heavy atom. The van der Waals surface area contributed by atoms with Crippen molar-refractivity contribution in [1.29, 1.82) is 0 Å². The number of nitrogens with one attached hydrogen (secondary N) is 1. The lowest BCUT2D eigenvalue weighted by Gasteiger charge is -2.39. The molecule has 2 aromatic carbocycles. The Morgan fingerprint density at radius 2 is 1.82 bits per heavy atom. The highest BCUT2D eigenvalue weighted by atomic mass is 35.5. The van der Waals surface area contributed by atoms with Gasteiger partial charge in [-0.2, -0.15) is 0 Å². The number of ether oxygens (including phenoxy) is 3. The van der Waals surface area contributed by atoms with Gasteiger partial charge in [-0.1, -0.05) is 35.8 Å². The van der Waals surface area contributed by atoms with Gasteiger partial charge >= 0.3 is 0 Å². The number of rotatable bonds is 9. The summed E-state index contributed by atoms with van der Waals surface area (Å²) in [6, 6.07) is 9.39. The van der Waals surface area contributed by atoms with E-state index in [4.69, 9.17) is 30.3 Å². The third-order valence-corrected chi connectivity index (χ3v) is 6.44. The molecule has 1 aliphatic heterocycles. The van der Waals surface area contributed by atoms with Crippen LogP contribution in [0.2, 0.25) is 5.02 Å². The zero-order chi connectivity index (χ0) is 27.6. The average molecular weight is 553 g/mol. The first kappa shape index (κ1) is 28.1. The van der Waals surface area contributed by atoms with Crippen molar-refractivity contribution in [2.24, 2.45) is 0 Å². The van der Waals surface area contributed by atoms with Crippen LogP contribution in [0.5, 0.6) is 17.2 Å². The molecule has 2 heterocycles. The minimum absolute atomic E-state index is 0.0629. The lowest BCUT2D eigenvalue weighted by Crippen LogP contribution is -2.60. The lowest BCUT2D eigenvalue weighted by atomic mass is 9.97. The van der Waals surface area contributed by atoms with Crippen molar-refractivity contribution in [2.75, 3.05) is 20.3 Å². The molecule has 206 valence electrons. The maximum atomic E-state index is 10.7. The minimum atomic E-state index is -1.71. The number of aromatic nitrogens is 1. The van der Waals surface area contributed by atoms with Gasteiger partial charge in [-0.05, 0) is 30.3 Å². The second-order valence-corrected chi connectivity index (χ2v) is 8.98. The molecule has 3 aromatic rings. The van der Waals surface area contributed by atoms with E-state index in [-0.39, 0.29) is 33.5 Å². The van der Waals surface area contributed by atoms with E-state index in [2.05, 4.69) is 10.5 Å².